The number of carboxylic acids is 1. The summed E-state index contributed by atoms with van der Waals surface area (Å²) in [4.78, 5) is 25.1. The second kappa shape index (κ2) is 12.8. The molecule has 0 N–H and O–H groups in total. The Labute approximate surface area is 223 Å². The van der Waals surface area contributed by atoms with Crippen LogP contribution in [0.5, 0.6) is 0 Å². The molecular formula is C27H32F4N2O4S. The van der Waals surface area contributed by atoms with Crippen molar-refractivity contribution in [2.45, 2.75) is 45.0 Å². The maximum Gasteiger partial charge on any atom is 0.430 e. The van der Waals surface area contributed by atoms with Gasteiger partial charge in [0.1, 0.15) is 18.3 Å². The van der Waals surface area contributed by atoms with E-state index in [1.807, 2.05) is 11.0 Å². The van der Waals surface area contributed by atoms with Crippen LogP contribution in [0, 0.1) is 18.7 Å². The number of alkyl halides is 3. The van der Waals surface area contributed by atoms with Crippen LogP contribution in [-0.4, -0.2) is 66.4 Å². The minimum absolute atomic E-state index is 0.0206. The number of halogens is 4. The third-order valence-corrected chi connectivity index (χ3v) is 8.19. The van der Waals surface area contributed by atoms with Crippen molar-refractivity contribution in [3.63, 3.8) is 0 Å². The van der Waals surface area contributed by atoms with Crippen LogP contribution in [0.4, 0.5) is 22.4 Å². The quantitative estimate of drug-likeness (QED) is 0.273. The molecule has 208 valence electrons. The molecule has 1 amide bonds. The van der Waals surface area contributed by atoms with Crippen LogP contribution in [0.2, 0.25) is 0 Å². The summed E-state index contributed by atoms with van der Waals surface area (Å²) in [5.41, 5.74) is 2.21. The molecule has 4 heterocycles. The summed E-state index contributed by atoms with van der Waals surface area (Å²) < 4.78 is 51.9. The topological polar surface area (TPSA) is 69.7 Å². The summed E-state index contributed by atoms with van der Waals surface area (Å²) in [6.45, 7) is 11.3. The molecule has 0 spiro atoms. The summed E-state index contributed by atoms with van der Waals surface area (Å²) in [6, 6.07) is 8.59. The lowest BCUT2D eigenvalue weighted by molar-refractivity contribution is -0.941. The predicted molar refractivity (Wildman–Crippen MR) is 134 cm³/mol. The number of benzene rings is 1. The Kier molecular flexibility index (Phi) is 9.94. The van der Waals surface area contributed by atoms with Crippen LogP contribution in [0.3, 0.4) is 0 Å². The number of nitrogens with zero attached hydrogens (tertiary/aromatic N) is 2. The minimum atomic E-state index is -5.19. The zero-order valence-corrected chi connectivity index (χ0v) is 22.0. The van der Waals surface area contributed by atoms with E-state index < -0.39 is 12.1 Å². The van der Waals surface area contributed by atoms with Crippen LogP contribution >= 0.6 is 11.3 Å². The first-order valence-corrected chi connectivity index (χ1v) is 13.3. The summed E-state index contributed by atoms with van der Waals surface area (Å²) in [5.74, 6) is -2.78. The molecule has 3 fully saturated rings. The second-order valence-electron chi connectivity index (χ2n) is 9.81. The van der Waals surface area contributed by atoms with E-state index in [-0.39, 0.29) is 18.0 Å². The van der Waals surface area contributed by atoms with Gasteiger partial charge in [0.05, 0.1) is 26.2 Å². The predicted octanol–water partition coefficient (Wildman–Crippen LogP) is 4.47. The lowest BCUT2D eigenvalue weighted by atomic mass is 9.83. The first-order chi connectivity index (χ1) is 17.9. The molecule has 0 saturated carbocycles. The van der Waals surface area contributed by atoms with Gasteiger partial charge in [-0.25, -0.2) is 9.18 Å². The third kappa shape index (κ3) is 8.04. The van der Waals surface area contributed by atoms with Gasteiger partial charge in [-0.1, -0.05) is 18.7 Å². The summed E-state index contributed by atoms with van der Waals surface area (Å²) >= 11 is 1.67. The molecular weight excluding hydrogens is 524 g/mol. The highest BCUT2D eigenvalue weighted by Gasteiger charge is 2.47. The Morgan fingerprint density at radius 3 is 2.37 bits per heavy atom. The molecule has 5 rings (SSSR count). The van der Waals surface area contributed by atoms with E-state index in [9.17, 15) is 22.4 Å². The molecule has 0 unspecified atom stereocenters. The number of aliphatic carboxylic acids is 1. The first kappa shape index (κ1) is 29.6. The fourth-order valence-electron chi connectivity index (χ4n) is 4.98. The van der Waals surface area contributed by atoms with Gasteiger partial charge in [-0.05, 0) is 54.1 Å². The highest BCUT2D eigenvalue weighted by atomic mass is 32.1. The van der Waals surface area contributed by atoms with Crippen LogP contribution < -0.4 is 5.11 Å². The van der Waals surface area contributed by atoms with E-state index in [2.05, 4.69) is 24.9 Å². The van der Waals surface area contributed by atoms with Crippen molar-refractivity contribution in [1.82, 2.24) is 4.90 Å². The molecule has 1 aromatic carbocycles. The van der Waals surface area contributed by atoms with Crippen LogP contribution in [0.25, 0.3) is 0 Å². The van der Waals surface area contributed by atoms with Crippen molar-refractivity contribution >= 4 is 23.4 Å². The molecule has 3 aliphatic rings. The van der Waals surface area contributed by atoms with Crippen molar-refractivity contribution in [2.75, 3.05) is 32.7 Å². The van der Waals surface area contributed by atoms with E-state index in [1.54, 1.807) is 23.5 Å². The molecule has 3 saturated heterocycles. The number of quaternary nitrogens is 1. The van der Waals surface area contributed by atoms with Crippen LogP contribution in [0.15, 0.2) is 48.4 Å². The lowest BCUT2D eigenvalue weighted by Gasteiger charge is -2.51. The molecule has 1 aromatic heterocycles. The number of amides is 1. The minimum Gasteiger partial charge on any atom is -0.542 e. The highest BCUT2D eigenvalue weighted by molar-refractivity contribution is 7.10. The summed E-state index contributed by atoms with van der Waals surface area (Å²) in [7, 11) is 0. The number of piperidine rings is 3. The number of fused-ring (bicyclic) bond motifs is 3. The van der Waals surface area contributed by atoms with E-state index in [1.165, 1.54) is 22.6 Å². The average Bonchev–Trinajstić information content (AvgIpc) is 3.27. The normalized spacial score (nSPS) is 22.2. The fraction of sp³-hybridized carbons (Fsp3) is 0.481. The SMILES string of the molecule is C=CC[N+]12CCC(CC1)[C@@H](OC(=O)N(CCc1ccc(F)cc1)Cc1sccc1C)C2.O=C([O-])C(F)(F)F. The lowest BCUT2D eigenvalue weighted by Crippen LogP contribution is -2.64. The van der Waals surface area contributed by atoms with Gasteiger partial charge >= 0.3 is 12.3 Å². The molecule has 6 nitrogen and oxygen atoms in total. The first-order valence-electron chi connectivity index (χ1n) is 12.4. The second-order valence-corrected chi connectivity index (χ2v) is 10.8. The molecule has 38 heavy (non-hydrogen) atoms. The highest BCUT2D eigenvalue weighted by Crippen LogP contribution is 2.36. The molecule has 1 atom stereocenters. The van der Waals surface area contributed by atoms with Crippen molar-refractivity contribution in [3.8, 4) is 0 Å². The van der Waals surface area contributed by atoms with E-state index in [0.29, 0.717) is 25.4 Å². The maximum atomic E-state index is 13.3. The number of carbonyl (C=O) groups excluding carboxylic acids is 2. The van der Waals surface area contributed by atoms with Gasteiger partial charge < -0.3 is 24.0 Å². The Hall–Kier alpha value is -2.92. The molecule has 2 bridgehead atoms. The summed E-state index contributed by atoms with van der Waals surface area (Å²) in [5, 5.41) is 10.8. The van der Waals surface area contributed by atoms with Gasteiger partial charge in [-0.15, -0.1) is 11.3 Å². The van der Waals surface area contributed by atoms with Gasteiger partial charge in [-0.2, -0.15) is 13.2 Å². The third-order valence-electron chi connectivity index (χ3n) is 7.19. The van der Waals surface area contributed by atoms with Crippen molar-refractivity contribution in [2.24, 2.45) is 5.92 Å². The number of carboxylic acid groups (broad SMARTS) is 1. The van der Waals surface area contributed by atoms with Gasteiger partial charge in [-0.3, -0.25) is 0 Å². The Morgan fingerprint density at radius 1 is 1.21 bits per heavy atom. The number of hydrogen-bond acceptors (Lipinski definition) is 5. The van der Waals surface area contributed by atoms with Crippen molar-refractivity contribution < 1.29 is 41.5 Å². The van der Waals surface area contributed by atoms with Crippen molar-refractivity contribution in [3.05, 3.63) is 70.2 Å². The largest absolute Gasteiger partial charge is 0.542 e. The van der Waals surface area contributed by atoms with E-state index >= 15 is 0 Å². The van der Waals surface area contributed by atoms with E-state index in [0.717, 1.165) is 49.1 Å². The Balaban J connectivity index is 0.000000505. The smallest absolute Gasteiger partial charge is 0.430 e. The van der Waals surface area contributed by atoms with Gasteiger partial charge in [0, 0.05) is 30.2 Å². The zero-order chi connectivity index (χ0) is 27.9. The molecule has 2 aromatic rings. The monoisotopic (exact) mass is 556 g/mol. The number of carbonyl (C=O) groups is 2. The van der Waals surface area contributed by atoms with Crippen molar-refractivity contribution in [1.29, 1.82) is 0 Å². The molecule has 0 aliphatic carbocycles. The number of ether oxygens (including phenoxy) is 1. The number of aryl methyl sites for hydroxylation is 1. The standard InChI is InChI=1S/C25H32FN2O2S.C2HF3O2/c1-3-13-28-14-9-21(10-15-28)23(18-28)30-25(29)27(17-24-19(2)11-16-31-24)12-8-20-4-6-22(26)7-5-20;3-2(4,5)1(6)7/h3-7,11,16,21,23H,1,8-10,12-15,17-18H2,2H3;(H,6,7)/q+1;/p-1/t21?,23-,28?;/m0./s1. The Bertz CT molecular complexity index is 1100. The zero-order valence-electron chi connectivity index (χ0n) is 21.2. The number of thiophene rings is 1. The fourth-order valence-corrected chi connectivity index (χ4v) is 5.90. The van der Waals surface area contributed by atoms with Crippen LogP contribution in [0.1, 0.15) is 28.8 Å². The average molecular weight is 557 g/mol. The van der Waals surface area contributed by atoms with Crippen LogP contribution in [-0.2, 0) is 22.5 Å². The van der Waals surface area contributed by atoms with Gasteiger partial charge in [0.15, 0.2) is 6.10 Å². The molecule has 0 radical (unpaired) electrons. The maximum absolute atomic E-state index is 13.3. The number of hydrogen-bond donors (Lipinski definition) is 0. The van der Waals surface area contributed by atoms with Gasteiger partial charge in [0.2, 0.25) is 0 Å². The van der Waals surface area contributed by atoms with Gasteiger partial charge in [0.25, 0.3) is 0 Å². The molecule has 11 heteroatoms. The summed E-state index contributed by atoms with van der Waals surface area (Å²) in [6.07, 6.45) is -0.543. The Morgan fingerprint density at radius 2 is 1.84 bits per heavy atom. The molecule has 3 aliphatic heterocycles. The number of rotatable bonds is 8. The van der Waals surface area contributed by atoms with E-state index in [4.69, 9.17) is 14.6 Å².